The maximum Gasteiger partial charge on any atom is 0.138 e. The van der Waals surface area contributed by atoms with Crippen molar-refractivity contribution >= 4 is 11.6 Å². The quantitative estimate of drug-likeness (QED) is 0.733. The van der Waals surface area contributed by atoms with E-state index >= 15 is 0 Å². The number of phenols is 1. The van der Waals surface area contributed by atoms with Crippen molar-refractivity contribution in [3.05, 3.63) is 22.7 Å². The molecule has 0 heterocycles. The predicted molar refractivity (Wildman–Crippen MR) is 58.3 cm³/mol. The van der Waals surface area contributed by atoms with Crippen LogP contribution in [0.5, 0.6) is 11.5 Å². The molecule has 0 saturated heterocycles. The highest BCUT2D eigenvalue weighted by Crippen LogP contribution is 2.35. The second-order valence-corrected chi connectivity index (χ2v) is 3.55. The van der Waals surface area contributed by atoms with E-state index in [-0.39, 0.29) is 5.75 Å². The lowest BCUT2D eigenvalue weighted by Crippen LogP contribution is -2.07. The summed E-state index contributed by atoms with van der Waals surface area (Å²) in [6.07, 6.45) is -0.431. The summed E-state index contributed by atoms with van der Waals surface area (Å²) >= 11 is 5.79. The lowest BCUT2D eigenvalue weighted by molar-refractivity contribution is 0.166. The molecule has 5 heteroatoms. The van der Waals surface area contributed by atoms with Crippen LogP contribution < -0.4 is 10.5 Å². The minimum atomic E-state index is -0.804. The molecular formula is C10H14ClNO3. The molecule has 4 N–H and O–H groups in total. The summed E-state index contributed by atoms with van der Waals surface area (Å²) in [6, 6.07) is 2.85. The number of aliphatic hydroxyl groups is 1. The molecule has 0 aliphatic heterocycles. The van der Waals surface area contributed by atoms with E-state index in [2.05, 4.69) is 0 Å². The van der Waals surface area contributed by atoms with Gasteiger partial charge in [-0.05, 0) is 19.0 Å². The molecular weight excluding hydrogens is 218 g/mol. The zero-order chi connectivity index (χ0) is 11.4. The van der Waals surface area contributed by atoms with Crippen LogP contribution in [0.4, 0.5) is 0 Å². The molecule has 0 aliphatic carbocycles. The number of nitrogens with two attached hydrogens (primary N) is 1. The Morgan fingerprint density at radius 3 is 2.73 bits per heavy atom. The van der Waals surface area contributed by atoms with Crippen molar-refractivity contribution in [3.63, 3.8) is 0 Å². The molecule has 0 saturated carbocycles. The minimum absolute atomic E-state index is 0.0539. The molecule has 0 amide bonds. The monoisotopic (exact) mass is 231 g/mol. The number of hydrogen-bond donors (Lipinski definition) is 3. The summed E-state index contributed by atoms with van der Waals surface area (Å²) in [5.74, 6) is 0.363. The standard InChI is InChI=1S/C10H14ClNO3/c1-15-10-4-6(8(13)2-3-12)9(14)5-7(10)11/h4-5,8,13-14H,2-3,12H2,1H3. The fraction of sp³-hybridized carbons (Fsp3) is 0.400. The smallest absolute Gasteiger partial charge is 0.138 e. The Kier molecular flexibility index (Phi) is 4.20. The van der Waals surface area contributed by atoms with Crippen molar-refractivity contribution in [2.24, 2.45) is 5.73 Å². The van der Waals surface area contributed by atoms with Crippen LogP contribution in [-0.4, -0.2) is 23.9 Å². The lowest BCUT2D eigenvalue weighted by Gasteiger charge is -2.13. The molecule has 0 aromatic heterocycles. The third kappa shape index (κ3) is 2.75. The molecule has 0 radical (unpaired) electrons. The van der Waals surface area contributed by atoms with Gasteiger partial charge < -0.3 is 20.7 Å². The van der Waals surface area contributed by atoms with Crippen LogP contribution in [0.1, 0.15) is 18.1 Å². The summed E-state index contributed by atoms with van der Waals surface area (Å²) in [5.41, 5.74) is 5.69. The maximum absolute atomic E-state index is 9.67. The van der Waals surface area contributed by atoms with Gasteiger partial charge in [0.1, 0.15) is 11.5 Å². The Morgan fingerprint density at radius 1 is 1.53 bits per heavy atom. The van der Waals surface area contributed by atoms with Crippen molar-refractivity contribution in [3.8, 4) is 11.5 Å². The summed E-state index contributed by atoms with van der Waals surface area (Å²) in [7, 11) is 1.47. The number of benzene rings is 1. The minimum Gasteiger partial charge on any atom is -0.508 e. The van der Waals surface area contributed by atoms with Gasteiger partial charge in [-0.25, -0.2) is 0 Å². The highest BCUT2D eigenvalue weighted by molar-refractivity contribution is 6.32. The van der Waals surface area contributed by atoms with Gasteiger partial charge in [0, 0.05) is 11.6 Å². The first-order valence-electron chi connectivity index (χ1n) is 4.54. The fourth-order valence-electron chi connectivity index (χ4n) is 1.30. The number of phenolic OH excluding ortho intramolecular Hbond substituents is 1. The molecule has 4 nitrogen and oxygen atoms in total. The molecule has 0 spiro atoms. The van der Waals surface area contributed by atoms with Crippen LogP contribution in [0.15, 0.2) is 12.1 Å². The number of halogens is 1. The van der Waals surface area contributed by atoms with Crippen molar-refractivity contribution in [2.75, 3.05) is 13.7 Å². The fourth-order valence-corrected chi connectivity index (χ4v) is 1.53. The molecule has 84 valence electrons. The van der Waals surface area contributed by atoms with Gasteiger partial charge in [-0.15, -0.1) is 0 Å². The van der Waals surface area contributed by atoms with Gasteiger partial charge >= 0.3 is 0 Å². The summed E-state index contributed by atoms with van der Waals surface area (Å²) in [4.78, 5) is 0. The SMILES string of the molecule is COc1cc(C(O)CCN)c(O)cc1Cl. The molecule has 1 unspecified atom stereocenters. The van der Waals surface area contributed by atoms with Gasteiger partial charge in [0.25, 0.3) is 0 Å². The summed E-state index contributed by atoms with van der Waals surface area (Å²) in [5, 5.41) is 19.5. The summed E-state index contributed by atoms with van der Waals surface area (Å²) < 4.78 is 4.98. The van der Waals surface area contributed by atoms with E-state index < -0.39 is 6.10 Å². The van der Waals surface area contributed by atoms with E-state index in [4.69, 9.17) is 22.1 Å². The molecule has 0 bridgehead atoms. The van der Waals surface area contributed by atoms with E-state index in [9.17, 15) is 10.2 Å². The van der Waals surface area contributed by atoms with Crippen LogP contribution in [0.25, 0.3) is 0 Å². The average Bonchev–Trinajstić information content (AvgIpc) is 2.18. The van der Waals surface area contributed by atoms with E-state index in [1.165, 1.54) is 19.2 Å². The van der Waals surface area contributed by atoms with Crippen LogP contribution >= 0.6 is 11.6 Å². The number of ether oxygens (including phenoxy) is 1. The second-order valence-electron chi connectivity index (χ2n) is 3.14. The Balaban J connectivity index is 3.06. The normalized spacial score (nSPS) is 12.5. The van der Waals surface area contributed by atoms with Gasteiger partial charge in [0.2, 0.25) is 0 Å². The van der Waals surface area contributed by atoms with Gasteiger partial charge in [-0.1, -0.05) is 11.6 Å². The van der Waals surface area contributed by atoms with Crippen molar-refractivity contribution in [2.45, 2.75) is 12.5 Å². The summed E-state index contributed by atoms with van der Waals surface area (Å²) in [6.45, 7) is 0.339. The number of rotatable bonds is 4. The largest absolute Gasteiger partial charge is 0.508 e. The van der Waals surface area contributed by atoms with E-state index in [1.807, 2.05) is 0 Å². The first kappa shape index (κ1) is 12.1. The Labute approximate surface area is 93.2 Å². The van der Waals surface area contributed by atoms with Gasteiger partial charge in [-0.3, -0.25) is 0 Å². The Hall–Kier alpha value is -0.970. The van der Waals surface area contributed by atoms with E-state index in [0.717, 1.165) is 0 Å². The Morgan fingerprint density at radius 2 is 2.20 bits per heavy atom. The molecule has 15 heavy (non-hydrogen) atoms. The number of methoxy groups -OCH3 is 1. The first-order chi connectivity index (χ1) is 7.10. The third-order valence-corrected chi connectivity index (χ3v) is 2.40. The van der Waals surface area contributed by atoms with Crippen molar-refractivity contribution in [1.82, 2.24) is 0 Å². The highest BCUT2D eigenvalue weighted by Gasteiger charge is 2.15. The third-order valence-electron chi connectivity index (χ3n) is 2.10. The average molecular weight is 232 g/mol. The number of hydrogen-bond acceptors (Lipinski definition) is 4. The first-order valence-corrected chi connectivity index (χ1v) is 4.92. The van der Waals surface area contributed by atoms with Crippen LogP contribution in [0.2, 0.25) is 5.02 Å². The molecule has 1 aromatic carbocycles. The highest BCUT2D eigenvalue weighted by atomic mass is 35.5. The molecule has 1 aromatic rings. The topological polar surface area (TPSA) is 75.7 Å². The number of aliphatic hydroxyl groups excluding tert-OH is 1. The van der Waals surface area contributed by atoms with Crippen LogP contribution in [0, 0.1) is 0 Å². The Bertz CT molecular complexity index is 344. The maximum atomic E-state index is 9.67. The zero-order valence-electron chi connectivity index (χ0n) is 8.40. The van der Waals surface area contributed by atoms with Gasteiger partial charge in [-0.2, -0.15) is 0 Å². The second kappa shape index (κ2) is 5.21. The van der Waals surface area contributed by atoms with Crippen LogP contribution in [-0.2, 0) is 0 Å². The number of aromatic hydroxyl groups is 1. The van der Waals surface area contributed by atoms with Gasteiger partial charge in [0.05, 0.1) is 18.2 Å². The van der Waals surface area contributed by atoms with Crippen LogP contribution in [0.3, 0.4) is 0 Å². The predicted octanol–water partition coefficient (Wildman–Crippen LogP) is 1.44. The lowest BCUT2D eigenvalue weighted by atomic mass is 10.1. The molecule has 0 aliphatic rings. The van der Waals surface area contributed by atoms with Crippen molar-refractivity contribution < 1.29 is 14.9 Å². The molecule has 0 fully saturated rings. The van der Waals surface area contributed by atoms with E-state index in [1.54, 1.807) is 0 Å². The molecule has 1 atom stereocenters. The van der Waals surface area contributed by atoms with Crippen molar-refractivity contribution in [1.29, 1.82) is 0 Å². The molecule has 1 rings (SSSR count). The van der Waals surface area contributed by atoms with Gasteiger partial charge in [0.15, 0.2) is 0 Å². The van der Waals surface area contributed by atoms with E-state index in [0.29, 0.717) is 29.3 Å². The zero-order valence-corrected chi connectivity index (χ0v) is 9.16.